The van der Waals surface area contributed by atoms with Gasteiger partial charge < -0.3 is 9.64 Å². The molecule has 2 radical (unpaired) electrons. The largest absolute Gasteiger partial charge is 0.372 e. The molecule has 1 fully saturated rings. The van der Waals surface area contributed by atoms with E-state index in [0.29, 0.717) is 0 Å². The van der Waals surface area contributed by atoms with E-state index in [9.17, 15) is 0 Å². The molecule has 0 aliphatic carbocycles. The number of morpholine rings is 1. The molecule has 1 aliphatic rings. The second-order valence-corrected chi connectivity index (χ2v) is 7.09. The van der Waals surface area contributed by atoms with Gasteiger partial charge in [0.25, 0.3) is 0 Å². The summed E-state index contributed by atoms with van der Waals surface area (Å²) >= 11 is 6.38. The third-order valence-electron chi connectivity index (χ3n) is 3.29. The van der Waals surface area contributed by atoms with Crippen LogP contribution < -0.4 is 10.1 Å². The standard InChI is InChI=1S/C15H22ClNOSi/c1-4-7-19-13-5-6-14(16)15(8-13)17-9-11(2)18-12(3)10-17/h5-6,8,11-12H,4,7,9-10H2,1-3H3. The summed E-state index contributed by atoms with van der Waals surface area (Å²) in [6.07, 6.45) is 1.77. The summed E-state index contributed by atoms with van der Waals surface area (Å²) in [6.45, 7) is 8.32. The molecular weight excluding hydrogens is 274 g/mol. The zero-order valence-electron chi connectivity index (χ0n) is 11.9. The molecule has 0 N–H and O–H groups in total. The van der Waals surface area contributed by atoms with Gasteiger partial charge in [0.15, 0.2) is 0 Å². The number of anilines is 1. The highest BCUT2D eigenvalue weighted by atomic mass is 35.5. The van der Waals surface area contributed by atoms with E-state index in [0.717, 1.165) is 27.6 Å². The fourth-order valence-corrected chi connectivity index (χ4v) is 3.72. The van der Waals surface area contributed by atoms with E-state index < -0.39 is 0 Å². The zero-order chi connectivity index (χ0) is 13.8. The fraction of sp³-hybridized carbons (Fsp3) is 0.600. The van der Waals surface area contributed by atoms with Crippen molar-refractivity contribution in [2.24, 2.45) is 0 Å². The minimum Gasteiger partial charge on any atom is -0.372 e. The summed E-state index contributed by atoms with van der Waals surface area (Å²) in [5.41, 5.74) is 1.17. The fourth-order valence-electron chi connectivity index (χ4n) is 2.51. The van der Waals surface area contributed by atoms with Crippen molar-refractivity contribution in [3.8, 4) is 0 Å². The Morgan fingerprint density at radius 1 is 1.32 bits per heavy atom. The predicted molar refractivity (Wildman–Crippen MR) is 84.2 cm³/mol. The molecule has 1 aromatic rings. The van der Waals surface area contributed by atoms with E-state index in [4.69, 9.17) is 16.3 Å². The highest BCUT2D eigenvalue weighted by molar-refractivity contribution is 6.53. The van der Waals surface area contributed by atoms with Crippen LogP contribution in [0.15, 0.2) is 18.2 Å². The van der Waals surface area contributed by atoms with Crippen LogP contribution in [0.3, 0.4) is 0 Å². The van der Waals surface area contributed by atoms with Crippen LogP contribution in [0.1, 0.15) is 27.2 Å². The predicted octanol–water partition coefficient (Wildman–Crippen LogP) is 3.11. The normalized spacial score (nSPS) is 23.7. The maximum atomic E-state index is 6.38. The molecular formula is C15H22ClNOSi. The first-order valence-corrected chi connectivity index (χ1v) is 8.62. The van der Waals surface area contributed by atoms with Crippen LogP contribution in [0.4, 0.5) is 5.69 Å². The number of hydrogen-bond donors (Lipinski definition) is 0. The van der Waals surface area contributed by atoms with Crippen LogP contribution in [0.5, 0.6) is 0 Å². The van der Waals surface area contributed by atoms with Crippen molar-refractivity contribution in [3.05, 3.63) is 23.2 Å². The van der Waals surface area contributed by atoms with Crippen LogP contribution >= 0.6 is 11.6 Å². The number of hydrogen-bond acceptors (Lipinski definition) is 2. The Morgan fingerprint density at radius 3 is 2.63 bits per heavy atom. The summed E-state index contributed by atoms with van der Waals surface area (Å²) in [4.78, 5) is 2.36. The number of ether oxygens (including phenoxy) is 1. The van der Waals surface area contributed by atoms with Crippen molar-refractivity contribution in [3.63, 3.8) is 0 Å². The van der Waals surface area contributed by atoms with Gasteiger partial charge >= 0.3 is 0 Å². The van der Waals surface area contributed by atoms with Crippen molar-refractivity contribution in [1.29, 1.82) is 0 Å². The maximum absolute atomic E-state index is 6.38. The summed E-state index contributed by atoms with van der Waals surface area (Å²) in [6, 6.07) is 7.73. The summed E-state index contributed by atoms with van der Waals surface area (Å²) in [5.74, 6) is 0. The summed E-state index contributed by atoms with van der Waals surface area (Å²) in [5, 5.41) is 2.26. The Kier molecular flexibility index (Phi) is 5.31. The highest BCUT2D eigenvalue weighted by Gasteiger charge is 2.23. The Morgan fingerprint density at radius 2 is 2.00 bits per heavy atom. The molecule has 1 aromatic carbocycles. The third kappa shape index (κ3) is 3.97. The van der Waals surface area contributed by atoms with Gasteiger partial charge in [-0.3, -0.25) is 0 Å². The van der Waals surface area contributed by atoms with Gasteiger partial charge in [-0.1, -0.05) is 42.2 Å². The molecule has 104 valence electrons. The number of rotatable bonds is 4. The molecule has 2 nitrogen and oxygen atoms in total. The van der Waals surface area contributed by atoms with E-state index in [1.54, 1.807) is 0 Å². The van der Waals surface area contributed by atoms with Crippen molar-refractivity contribution in [1.82, 2.24) is 0 Å². The van der Waals surface area contributed by atoms with Crippen LogP contribution in [0.2, 0.25) is 11.1 Å². The van der Waals surface area contributed by atoms with E-state index in [1.165, 1.54) is 23.3 Å². The van der Waals surface area contributed by atoms with Crippen molar-refractivity contribution in [2.75, 3.05) is 18.0 Å². The van der Waals surface area contributed by atoms with Gasteiger partial charge in [-0.2, -0.15) is 0 Å². The van der Waals surface area contributed by atoms with Crippen molar-refractivity contribution >= 4 is 32.0 Å². The van der Waals surface area contributed by atoms with Crippen LogP contribution in [-0.2, 0) is 4.74 Å². The highest BCUT2D eigenvalue weighted by Crippen LogP contribution is 2.27. The van der Waals surface area contributed by atoms with E-state index in [-0.39, 0.29) is 12.2 Å². The molecule has 19 heavy (non-hydrogen) atoms. The topological polar surface area (TPSA) is 12.5 Å². The van der Waals surface area contributed by atoms with E-state index in [1.807, 2.05) is 6.07 Å². The first kappa shape index (κ1) is 14.9. The molecule has 1 aliphatic heterocycles. The lowest BCUT2D eigenvalue weighted by Gasteiger charge is -2.37. The minimum absolute atomic E-state index is 0.265. The molecule has 0 spiro atoms. The van der Waals surface area contributed by atoms with Gasteiger partial charge in [0.05, 0.1) is 32.4 Å². The van der Waals surface area contributed by atoms with Crippen molar-refractivity contribution in [2.45, 2.75) is 45.4 Å². The second kappa shape index (κ2) is 6.78. The molecule has 0 bridgehead atoms. The number of halogens is 1. The number of nitrogens with zero attached hydrogens (tertiary/aromatic N) is 1. The Labute approximate surface area is 123 Å². The number of benzene rings is 1. The molecule has 0 saturated carbocycles. The van der Waals surface area contributed by atoms with Crippen LogP contribution in [0, 0.1) is 0 Å². The Hall–Kier alpha value is -0.513. The van der Waals surface area contributed by atoms with Crippen LogP contribution in [0.25, 0.3) is 0 Å². The quantitative estimate of drug-likeness (QED) is 0.792. The average molecular weight is 296 g/mol. The summed E-state index contributed by atoms with van der Waals surface area (Å²) < 4.78 is 5.79. The van der Waals surface area contributed by atoms with Gasteiger partial charge in [0.1, 0.15) is 0 Å². The van der Waals surface area contributed by atoms with Gasteiger partial charge in [0.2, 0.25) is 0 Å². The third-order valence-corrected chi connectivity index (χ3v) is 5.07. The van der Waals surface area contributed by atoms with Gasteiger partial charge in [0, 0.05) is 13.1 Å². The lowest BCUT2D eigenvalue weighted by molar-refractivity contribution is -0.00520. The molecule has 0 aromatic heterocycles. The molecule has 1 heterocycles. The lowest BCUT2D eigenvalue weighted by Crippen LogP contribution is -2.45. The summed E-state index contributed by atoms with van der Waals surface area (Å²) in [7, 11) is 0.883. The maximum Gasteiger partial charge on any atom is 0.0808 e. The molecule has 2 unspecified atom stereocenters. The molecule has 0 amide bonds. The van der Waals surface area contributed by atoms with E-state index >= 15 is 0 Å². The molecule has 2 atom stereocenters. The lowest BCUT2D eigenvalue weighted by atomic mass is 10.2. The SMILES string of the molecule is CCC[Si]c1ccc(Cl)c(N2CC(C)OC(C)C2)c1. The molecule has 4 heteroatoms. The smallest absolute Gasteiger partial charge is 0.0808 e. The first-order valence-electron chi connectivity index (χ1n) is 7.04. The monoisotopic (exact) mass is 295 g/mol. The van der Waals surface area contributed by atoms with Gasteiger partial charge in [-0.15, -0.1) is 0 Å². The molecule has 2 rings (SSSR count). The Balaban J connectivity index is 2.17. The molecule has 1 saturated heterocycles. The first-order chi connectivity index (χ1) is 9.10. The van der Waals surface area contributed by atoms with Gasteiger partial charge in [-0.05, 0) is 26.0 Å². The van der Waals surface area contributed by atoms with Gasteiger partial charge in [-0.25, -0.2) is 0 Å². The van der Waals surface area contributed by atoms with E-state index in [2.05, 4.69) is 37.8 Å². The minimum atomic E-state index is 0.265. The zero-order valence-corrected chi connectivity index (χ0v) is 13.7. The van der Waals surface area contributed by atoms with Crippen LogP contribution in [-0.4, -0.2) is 34.8 Å². The van der Waals surface area contributed by atoms with Crippen molar-refractivity contribution < 1.29 is 4.74 Å². The Bertz CT molecular complexity index is 417. The second-order valence-electron chi connectivity index (χ2n) is 5.26. The average Bonchev–Trinajstić information content (AvgIpc) is 2.36.